The van der Waals surface area contributed by atoms with Gasteiger partial charge in [0.15, 0.2) is 0 Å². The lowest BCUT2D eigenvalue weighted by Crippen LogP contribution is -2.08. The number of oxime groups is 1. The van der Waals surface area contributed by atoms with E-state index < -0.39 is 0 Å². The Morgan fingerprint density at radius 2 is 2.75 bits per heavy atom. The molecule has 3 nitrogen and oxygen atoms in total. The third-order valence-corrected chi connectivity index (χ3v) is 1.13. The van der Waals surface area contributed by atoms with Crippen LogP contribution in [0.15, 0.2) is 5.16 Å². The van der Waals surface area contributed by atoms with Crippen LogP contribution in [-0.4, -0.2) is 12.2 Å². The lowest BCUT2D eigenvalue weighted by Gasteiger charge is -1.92. The Hall–Kier alpha value is -0.860. The van der Waals surface area contributed by atoms with Crippen molar-refractivity contribution in [1.82, 2.24) is 0 Å². The van der Waals surface area contributed by atoms with Crippen LogP contribution in [0.4, 0.5) is 0 Å². The molecule has 0 aromatic carbocycles. The fourth-order valence-electron chi connectivity index (χ4n) is 0.556. The smallest absolute Gasteiger partial charge is 0.318 e. The largest absolute Gasteiger partial charge is 0.343 e. The molecule has 0 amide bonds. The number of rotatable bonds is 1. The molecule has 44 valence electrons. The van der Waals surface area contributed by atoms with Crippen molar-refractivity contribution in [2.24, 2.45) is 11.1 Å². The Bertz CT molecular complexity index is 130. The Balaban J connectivity index is 2.53. The molecule has 3 heteroatoms. The SMILES string of the molecule is CCC1C=NOC1=O. The van der Waals surface area contributed by atoms with Gasteiger partial charge in [0, 0.05) is 0 Å². The zero-order valence-corrected chi connectivity index (χ0v) is 4.63. The van der Waals surface area contributed by atoms with Crippen molar-refractivity contribution in [2.75, 3.05) is 0 Å². The van der Waals surface area contributed by atoms with Crippen LogP contribution in [-0.2, 0) is 9.63 Å². The average Bonchev–Trinajstić information content (AvgIpc) is 2.14. The molecule has 0 bridgehead atoms. The van der Waals surface area contributed by atoms with Gasteiger partial charge < -0.3 is 4.84 Å². The predicted octanol–water partition coefficient (Wildman–Crippen LogP) is 0.555. The monoisotopic (exact) mass is 113 g/mol. The molecule has 1 atom stereocenters. The van der Waals surface area contributed by atoms with Crippen molar-refractivity contribution < 1.29 is 9.63 Å². The van der Waals surface area contributed by atoms with Gasteiger partial charge in [0.25, 0.3) is 0 Å². The fourth-order valence-corrected chi connectivity index (χ4v) is 0.556. The topological polar surface area (TPSA) is 38.7 Å². The summed E-state index contributed by atoms with van der Waals surface area (Å²) >= 11 is 0. The molecule has 0 saturated heterocycles. The molecule has 0 aromatic heterocycles. The molecule has 1 aliphatic heterocycles. The third kappa shape index (κ3) is 0.710. The van der Waals surface area contributed by atoms with E-state index in [1.165, 1.54) is 6.21 Å². The summed E-state index contributed by atoms with van der Waals surface area (Å²) in [7, 11) is 0. The van der Waals surface area contributed by atoms with Gasteiger partial charge in [0.2, 0.25) is 0 Å². The summed E-state index contributed by atoms with van der Waals surface area (Å²) in [6.45, 7) is 1.92. The molecule has 0 N–H and O–H groups in total. The van der Waals surface area contributed by atoms with E-state index in [0.29, 0.717) is 0 Å². The van der Waals surface area contributed by atoms with Gasteiger partial charge in [-0.15, -0.1) is 0 Å². The van der Waals surface area contributed by atoms with Crippen molar-refractivity contribution in [3.05, 3.63) is 0 Å². The van der Waals surface area contributed by atoms with Crippen molar-refractivity contribution in [3.8, 4) is 0 Å². The Morgan fingerprint density at radius 1 is 2.00 bits per heavy atom. The van der Waals surface area contributed by atoms with E-state index >= 15 is 0 Å². The summed E-state index contributed by atoms with van der Waals surface area (Å²) in [4.78, 5) is 14.7. The van der Waals surface area contributed by atoms with Crippen LogP contribution in [0.5, 0.6) is 0 Å². The standard InChI is InChI=1S/C5H7NO2/c1-2-4-3-6-8-5(4)7/h3-4H,2H2,1H3. The van der Waals surface area contributed by atoms with E-state index in [0.717, 1.165) is 6.42 Å². The van der Waals surface area contributed by atoms with Gasteiger partial charge in [0.1, 0.15) is 0 Å². The maximum Gasteiger partial charge on any atom is 0.343 e. The van der Waals surface area contributed by atoms with Crippen molar-refractivity contribution in [1.29, 1.82) is 0 Å². The van der Waals surface area contributed by atoms with Crippen LogP contribution in [0.2, 0.25) is 0 Å². The molecule has 0 saturated carbocycles. The van der Waals surface area contributed by atoms with E-state index in [-0.39, 0.29) is 11.9 Å². The fraction of sp³-hybridized carbons (Fsp3) is 0.600. The van der Waals surface area contributed by atoms with Crippen LogP contribution < -0.4 is 0 Å². The molecule has 1 unspecified atom stereocenters. The minimum absolute atomic E-state index is 0.0880. The minimum Gasteiger partial charge on any atom is -0.318 e. The molecular formula is C5H7NO2. The van der Waals surface area contributed by atoms with Crippen molar-refractivity contribution >= 4 is 12.2 Å². The normalized spacial score (nSPS) is 26.1. The summed E-state index contributed by atoms with van der Waals surface area (Å²) < 4.78 is 0. The number of carbonyl (C=O) groups is 1. The van der Waals surface area contributed by atoms with E-state index in [2.05, 4.69) is 9.99 Å². The molecule has 1 rings (SSSR count). The Kier molecular flexibility index (Phi) is 1.28. The maximum absolute atomic E-state index is 10.5. The van der Waals surface area contributed by atoms with Gasteiger partial charge >= 0.3 is 5.97 Å². The quantitative estimate of drug-likeness (QED) is 0.466. The minimum atomic E-state index is -0.229. The second-order valence-electron chi connectivity index (χ2n) is 1.68. The van der Waals surface area contributed by atoms with E-state index in [4.69, 9.17) is 0 Å². The number of carbonyl (C=O) groups excluding carboxylic acids is 1. The van der Waals surface area contributed by atoms with Crippen molar-refractivity contribution in [2.45, 2.75) is 13.3 Å². The predicted molar refractivity (Wildman–Crippen MR) is 28.4 cm³/mol. The van der Waals surface area contributed by atoms with Gasteiger partial charge in [-0.05, 0) is 6.42 Å². The number of nitrogens with zero attached hydrogens (tertiary/aromatic N) is 1. The third-order valence-electron chi connectivity index (χ3n) is 1.13. The van der Waals surface area contributed by atoms with Gasteiger partial charge in [-0.2, -0.15) is 0 Å². The molecule has 8 heavy (non-hydrogen) atoms. The maximum atomic E-state index is 10.5. The molecular weight excluding hydrogens is 106 g/mol. The van der Waals surface area contributed by atoms with Crippen LogP contribution >= 0.6 is 0 Å². The lowest BCUT2D eigenvalue weighted by atomic mass is 10.1. The Morgan fingerprint density at radius 3 is 3.00 bits per heavy atom. The first-order valence-electron chi connectivity index (χ1n) is 2.59. The summed E-state index contributed by atoms with van der Waals surface area (Å²) in [5, 5.41) is 3.34. The van der Waals surface area contributed by atoms with Gasteiger partial charge in [0.05, 0.1) is 12.1 Å². The first-order chi connectivity index (χ1) is 3.84. The summed E-state index contributed by atoms with van der Waals surface area (Å²) in [5.41, 5.74) is 0. The first kappa shape index (κ1) is 5.28. The first-order valence-corrected chi connectivity index (χ1v) is 2.59. The zero-order chi connectivity index (χ0) is 5.98. The highest BCUT2D eigenvalue weighted by Gasteiger charge is 2.20. The van der Waals surface area contributed by atoms with Crippen LogP contribution in [0, 0.1) is 5.92 Å². The number of hydrogen-bond acceptors (Lipinski definition) is 3. The van der Waals surface area contributed by atoms with Crippen LogP contribution in [0.25, 0.3) is 0 Å². The number of hydrogen-bond donors (Lipinski definition) is 0. The van der Waals surface area contributed by atoms with Gasteiger partial charge in [-0.1, -0.05) is 12.1 Å². The zero-order valence-electron chi connectivity index (χ0n) is 4.63. The average molecular weight is 113 g/mol. The highest BCUT2D eigenvalue weighted by atomic mass is 16.7. The highest BCUT2D eigenvalue weighted by molar-refractivity contribution is 5.92. The molecule has 1 aliphatic rings. The molecule has 0 aliphatic carbocycles. The van der Waals surface area contributed by atoms with Crippen molar-refractivity contribution in [3.63, 3.8) is 0 Å². The molecule has 0 radical (unpaired) electrons. The summed E-state index contributed by atoms with van der Waals surface area (Å²) in [6.07, 6.45) is 2.31. The van der Waals surface area contributed by atoms with Crippen LogP contribution in [0.1, 0.15) is 13.3 Å². The van der Waals surface area contributed by atoms with E-state index in [1.807, 2.05) is 6.92 Å². The molecule has 1 heterocycles. The molecule has 0 spiro atoms. The van der Waals surface area contributed by atoms with E-state index in [9.17, 15) is 4.79 Å². The molecule has 0 fully saturated rings. The molecule has 0 aromatic rings. The lowest BCUT2D eigenvalue weighted by molar-refractivity contribution is -0.143. The summed E-state index contributed by atoms with van der Waals surface area (Å²) in [6, 6.07) is 0. The van der Waals surface area contributed by atoms with E-state index in [1.54, 1.807) is 0 Å². The summed E-state index contributed by atoms with van der Waals surface area (Å²) in [5.74, 6) is -0.317. The van der Waals surface area contributed by atoms with Gasteiger partial charge in [-0.3, -0.25) is 0 Å². The second-order valence-corrected chi connectivity index (χ2v) is 1.68. The highest BCUT2D eigenvalue weighted by Crippen LogP contribution is 2.07. The Labute approximate surface area is 47.3 Å². The van der Waals surface area contributed by atoms with Gasteiger partial charge in [-0.25, -0.2) is 4.79 Å². The second kappa shape index (κ2) is 1.94. The van der Waals surface area contributed by atoms with Crippen LogP contribution in [0.3, 0.4) is 0 Å².